The molecule has 7 heterocycles. The Bertz CT molecular complexity index is 3380. The summed E-state index contributed by atoms with van der Waals surface area (Å²) in [6.07, 6.45) is 24.8. The summed E-state index contributed by atoms with van der Waals surface area (Å²) in [5.41, 5.74) is 5.14. The summed E-state index contributed by atoms with van der Waals surface area (Å²) in [5.74, 6) is 6.93. The number of hydrogen-bond acceptors (Lipinski definition) is 37. The molecule has 12 N–H and O–H groups in total. The molecule has 7 aliphatic heterocycles. The Morgan fingerprint density at radius 1 is 0.295 bits per heavy atom. The maximum Gasteiger partial charge on any atom is 0.334 e. The molecule has 842 valence electrons. The van der Waals surface area contributed by atoms with E-state index in [2.05, 4.69) is 73.9 Å². The number of carbonyl (C=O) groups excluding carboxylic acids is 14. The quantitative estimate of drug-likeness (QED) is 0.0117. The molecule has 0 spiro atoms. The molecule has 0 aromatic carbocycles. The molecule has 39 nitrogen and oxygen atoms in total. The maximum absolute atomic E-state index is 12.1. The fraction of sp³-hybridized carbons (Fsp3) is 0.857. The molecule has 7 rings (SSSR count). The lowest BCUT2D eigenvalue weighted by Gasteiger charge is -2.16. The van der Waals surface area contributed by atoms with Gasteiger partial charge < -0.3 is 121 Å². The topological polar surface area (TPSA) is 509 Å². The lowest BCUT2D eigenvalue weighted by molar-refractivity contribution is -0.197. The van der Waals surface area contributed by atoms with Gasteiger partial charge in [0, 0.05) is 197 Å². The molecule has 146 heavy (non-hydrogen) atoms. The van der Waals surface area contributed by atoms with Crippen molar-refractivity contribution in [1.82, 2.24) is 58.2 Å². The van der Waals surface area contributed by atoms with Gasteiger partial charge in [0.15, 0.2) is 0 Å². The van der Waals surface area contributed by atoms with Crippen molar-refractivity contribution in [2.24, 2.45) is 5.73 Å². The maximum atomic E-state index is 12.1. The van der Waals surface area contributed by atoms with Crippen molar-refractivity contribution in [3.05, 3.63) is 0 Å². The normalized spacial score (nSPS) is 18.8. The van der Waals surface area contributed by atoms with Gasteiger partial charge in [-0.2, -0.15) is 35.3 Å². The van der Waals surface area contributed by atoms with Gasteiger partial charge in [-0.3, -0.25) is 47.9 Å². The number of nitrogens with one attached hydrogen (secondary N) is 10. The summed E-state index contributed by atoms with van der Waals surface area (Å²) in [7, 11) is 9.76. The van der Waals surface area contributed by atoms with E-state index >= 15 is 0 Å². The van der Waals surface area contributed by atoms with Crippen molar-refractivity contribution in [1.29, 1.82) is 0 Å². The highest BCUT2D eigenvalue weighted by Crippen LogP contribution is 2.36. The fourth-order valence-corrected chi connectivity index (χ4v) is 25.7. The monoisotopic (exact) mass is 2240 g/mol. The molecule has 7 saturated heterocycles. The van der Waals surface area contributed by atoms with Crippen molar-refractivity contribution in [2.45, 2.75) is 291 Å². The molecular formula is C98H174N12O27S9. The van der Waals surface area contributed by atoms with Gasteiger partial charge in [0.1, 0.15) is 23.1 Å². The first-order chi connectivity index (χ1) is 71.2. The van der Waals surface area contributed by atoms with Crippen LogP contribution in [0, 0.1) is 0 Å². The van der Waals surface area contributed by atoms with Gasteiger partial charge in [-0.25, -0.2) is 19.2 Å². The van der Waals surface area contributed by atoms with Crippen molar-refractivity contribution < 1.29 is 129 Å². The minimum absolute atomic E-state index is 0.0222. The first-order valence-corrected chi connectivity index (χ1v) is 63.5. The zero-order valence-corrected chi connectivity index (χ0v) is 94.2. The standard InChI is InChI=1S/2C32H57N3O8S3.C30H49N5O11S3.C4H11N/c2*1-2-3-14-33-30(38)13-24-46-45-23-7-10-27(37)12-16-41-18-20-43-22-21-42-19-17-40-15-6-9-26(36)8-4-5-11-29-31-28(25-44-29)34-32(39)35-31;36-24(4-2-1-3-23-29-22(21-47-23)33-30(41)34-29)31-9-12-43-14-16-45-18-17-44-15-13-42-11-7-25(37)32-10-20-49-48-19-8-28(40)46-35-26(38)5-6-27(35)39;1-2-3-4-5/h2*28-29,31H,2-25H2,1H3,(H,33,38)(H2,34,35,39);22-23,29H,1-21H2,(H,31,36)(H,32,37)(H2,33,34,41);2-5H2,1H3. The van der Waals surface area contributed by atoms with Crippen molar-refractivity contribution >= 4 is 183 Å². The highest BCUT2D eigenvalue weighted by molar-refractivity contribution is 8.77. The second kappa shape index (κ2) is 93.1. The van der Waals surface area contributed by atoms with Crippen LogP contribution in [0.1, 0.15) is 239 Å². The number of rotatable bonds is 94. The fourth-order valence-electron chi connectivity index (χ4n) is 15.0. The van der Waals surface area contributed by atoms with E-state index in [1.54, 1.807) is 43.2 Å². The molecule has 48 heteroatoms. The number of urea groups is 3. The third-order valence-electron chi connectivity index (χ3n) is 23.1. The van der Waals surface area contributed by atoms with Crippen LogP contribution in [-0.4, -0.2) is 383 Å². The van der Waals surface area contributed by atoms with E-state index < -0.39 is 17.8 Å². The molecule has 9 unspecified atom stereocenters. The average molecular weight is 2240 g/mol. The van der Waals surface area contributed by atoms with Gasteiger partial charge in [0.2, 0.25) is 23.6 Å². The zero-order chi connectivity index (χ0) is 105. The molecular weight excluding hydrogens is 2070 g/mol. The average Bonchev–Trinajstić information content (AvgIpc) is 1.68. The molecule has 0 saturated carbocycles. The number of carbonyl (C=O) groups is 14. The molecule has 7 aliphatic rings. The smallest absolute Gasteiger partial charge is 0.334 e. The Kier molecular flexibility index (Phi) is 85.3. The number of ketones is 4. The minimum Gasteiger partial charge on any atom is -0.379 e. The van der Waals surface area contributed by atoms with Crippen molar-refractivity contribution in [3.8, 4) is 0 Å². The first-order valence-electron chi connectivity index (χ1n) is 52.9. The number of nitrogens with zero attached hydrogens (tertiary/aromatic N) is 1. The van der Waals surface area contributed by atoms with Gasteiger partial charge in [-0.05, 0) is 90.0 Å². The van der Waals surface area contributed by atoms with Crippen molar-refractivity contribution in [2.75, 3.05) is 243 Å². The van der Waals surface area contributed by atoms with Crippen LogP contribution in [0.3, 0.4) is 0 Å². The van der Waals surface area contributed by atoms with Crippen LogP contribution in [-0.2, 0) is 114 Å². The van der Waals surface area contributed by atoms with E-state index in [-0.39, 0.29) is 133 Å². The van der Waals surface area contributed by atoms with Gasteiger partial charge in [-0.1, -0.05) is 124 Å². The second-order valence-corrected chi connectivity index (χ2v) is 47.2. The number of ether oxygens (including phenoxy) is 12. The number of unbranched alkanes of at least 4 members (excludes halogenated alkanes) is 6. The van der Waals surface area contributed by atoms with E-state index in [4.69, 9.17) is 67.4 Å². The van der Waals surface area contributed by atoms with Gasteiger partial charge in [-0.15, -0.1) is 5.06 Å². The third-order valence-corrected chi connectivity index (χ3v) is 35.0. The lowest BCUT2D eigenvalue weighted by atomic mass is 10.0. The highest BCUT2D eigenvalue weighted by atomic mass is 33.1. The van der Waals surface area contributed by atoms with E-state index in [9.17, 15) is 67.1 Å². The molecule has 12 amide bonds. The zero-order valence-electron chi connectivity index (χ0n) is 86.8. The second-order valence-electron chi connectivity index (χ2n) is 35.2. The Morgan fingerprint density at radius 2 is 0.589 bits per heavy atom. The number of imide groups is 1. The van der Waals surface area contributed by atoms with Gasteiger partial charge in [0.25, 0.3) is 11.8 Å². The third kappa shape index (κ3) is 72.3. The number of nitrogens with two attached hydrogens (primary N) is 1. The Labute approximate surface area is 903 Å². The minimum atomic E-state index is -0.627. The molecule has 7 fully saturated rings. The summed E-state index contributed by atoms with van der Waals surface area (Å²) in [6, 6.07) is 1.26. The summed E-state index contributed by atoms with van der Waals surface area (Å²) < 4.78 is 65.9. The first kappa shape index (κ1) is 134. The van der Waals surface area contributed by atoms with Gasteiger partial charge >= 0.3 is 24.1 Å². The summed E-state index contributed by atoms with van der Waals surface area (Å²) in [6.45, 7) is 20.4. The summed E-state index contributed by atoms with van der Waals surface area (Å²) >= 11 is 5.72. The van der Waals surface area contributed by atoms with E-state index in [0.29, 0.717) is 268 Å². The van der Waals surface area contributed by atoms with E-state index in [1.807, 2.05) is 35.3 Å². The Balaban J connectivity index is 0.000000445. The Hall–Kier alpha value is -4.39. The van der Waals surface area contributed by atoms with E-state index in [0.717, 1.165) is 169 Å². The SMILES string of the molecule is CCCCN.CCCCNC(=O)CCSSCCCC(=O)CCOCCOCCOCCOCCCC(=O)CCCCC1SCC2NC(=O)NC21.CCCCNC(=O)CCSSCCCC(=O)CCOCCOCCOCCOCCCC(=O)CCCCC1SCC2NC(=O)NC21.O=C(CCCCC1SCC2NC(=O)NC21)NCCOCCOCCOCCOCCC(=O)NCCSSCCC(=O)ON1C(=O)CCC1=O. The number of hydrogen-bond donors (Lipinski definition) is 11. The predicted molar refractivity (Wildman–Crippen MR) is 584 cm³/mol. The molecule has 9 atom stereocenters. The van der Waals surface area contributed by atoms with Crippen LogP contribution < -0.4 is 58.9 Å². The molecule has 0 aromatic rings. The number of fused-ring (bicyclic) bond motifs is 3. The van der Waals surface area contributed by atoms with Crippen molar-refractivity contribution in [3.63, 3.8) is 0 Å². The van der Waals surface area contributed by atoms with Crippen LogP contribution in [0.5, 0.6) is 0 Å². The van der Waals surface area contributed by atoms with Crippen LogP contribution >= 0.6 is 100 Å². The molecule has 0 aromatic heterocycles. The van der Waals surface area contributed by atoms with Crippen LogP contribution in [0.15, 0.2) is 0 Å². The van der Waals surface area contributed by atoms with Crippen LogP contribution in [0.25, 0.3) is 0 Å². The molecule has 0 radical (unpaired) electrons. The van der Waals surface area contributed by atoms with Crippen LogP contribution in [0.4, 0.5) is 14.4 Å². The number of Topliss-reactive ketones (excluding diaryl/α,β-unsaturated/α-hetero) is 4. The van der Waals surface area contributed by atoms with E-state index in [1.165, 1.54) is 34.4 Å². The van der Waals surface area contributed by atoms with Crippen LogP contribution in [0.2, 0.25) is 0 Å². The van der Waals surface area contributed by atoms with Gasteiger partial charge in [0.05, 0.1) is 188 Å². The molecule has 0 aliphatic carbocycles. The number of thioether (sulfide) groups is 3. The predicted octanol–water partition coefficient (Wildman–Crippen LogP) is 10.6. The number of amides is 12. The Morgan fingerprint density at radius 3 is 0.966 bits per heavy atom. The number of hydroxylamine groups is 2. The highest BCUT2D eigenvalue weighted by Gasteiger charge is 2.45. The largest absolute Gasteiger partial charge is 0.379 e. The summed E-state index contributed by atoms with van der Waals surface area (Å²) in [5, 5.41) is 31.3. The summed E-state index contributed by atoms with van der Waals surface area (Å²) in [4.78, 5) is 169. The molecule has 0 bridgehead atoms. The lowest BCUT2D eigenvalue weighted by Crippen LogP contribution is -2.36.